The van der Waals surface area contributed by atoms with Gasteiger partial charge in [-0.25, -0.2) is 0 Å². The molecule has 1 fully saturated rings. The van der Waals surface area contributed by atoms with E-state index in [0.29, 0.717) is 11.5 Å². The van der Waals surface area contributed by atoms with Gasteiger partial charge in [0.1, 0.15) is 49.1 Å². The summed E-state index contributed by atoms with van der Waals surface area (Å²) in [5.41, 5.74) is 0. The first-order valence-corrected chi connectivity index (χ1v) is 11.8. The van der Waals surface area contributed by atoms with Crippen molar-refractivity contribution in [2.24, 2.45) is 0 Å². The lowest BCUT2D eigenvalue weighted by atomic mass is 10.0. The Morgan fingerprint density at radius 1 is 0.657 bits per heavy atom. The number of hydrogen-bond acceptors (Lipinski definition) is 6. The van der Waals surface area contributed by atoms with Crippen LogP contribution >= 0.6 is 0 Å². The molecule has 6 nitrogen and oxygen atoms in total. The lowest BCUT2D eigenvalue weighted by molar-refractivity contribution is -0.162. The van der Waals surface area contributed by atoms with Crippen LogP contribution in [0.3, 0.4) is 0 Å². The SMILES string of the molecule is CC1(C)O[C@H]([C@H](O)COc2cccc3ccccc23)[C@@H]([C@H](O)COc2cccc3ccccc23)O1. The molecular formula is C29H30O6. The van der Waals surface area contributed by atoms with Crippen molar-refractivity contribution >= 4 is 21.5 Å². The molecule has 0 saturated carbocycles. The molecule has 0 unspecified atom stereocenters. The van der Waals surface area contributed by atoms with Crippen molar-refractivity contribution in [1.29, 1.82) is 0 Å². The van der Waals surface area contributed by atoms with Crippen LogP contribution in [0.1, 0.15) is 13.8 Å². The zero-order valence-corrected chi connectivity index (χ0v) is 19.8. The molecule has 0 radical (unpaired) electrons. The van der Waals surface area contributed by atoms with E-state index >= 15 is 0 Å². The molecule has 1 aliphatic rings. The topological polar surface area (TPSA) is 77.4 Å². The maximum Gasteiger partial charge on any atom is 0.164 e. The Balaban J connectivity index is 1.27. The van der Waals surface area contributed by atoms with Gasteiger partial charge in [-0.2, -0.15) is 0 Å². The van der Waals surface area contributed by atoms with Crippen LogP contribution in [0.4, 0.5) is 0 Å². The van der Waals surface area contributed by atoms with E-state index in [0.717, 1.165) is 21.5 Å². The van der Waals surface area contributed by atoms with E-state index in [-0.39, 0.29) is 13.2 Å². The van der Waals surface area contributed by atoms with Crippen LogP contribution in [0.2, 0.25) is 0 Å². The lowest BCUT2D eigenvalue weighted by Gasteiger charge is -2.26. The molecule has 4 aromatic rings. The van der Waals surface area contributed by atoms with Gasteiger partial charge in [0.05, 0.1) is 0 Å². The van der Waals surface area contributed by atoms with Crippen molar-refractivity contribution in [2.45, 2.75) is 44.1 Å². The molecule has 2 N–H and O–H groups in total. The summed E-state index contributed by atoms with van der Waals surface area (Å²) >= 11 is 0. The predicted molar refractivity (Wildman–Crippen MR) is 135 cm³/mol. The summed E-state index contributed by atoms with van der Waals surface area (Å²) in [6.07, 6.45) is -3.61. The van der Waals surface area contributed by atoms with Crippen molar-refractivity contribution in [2.75, 3.05) is 13.2 Å². The van der Waals surface area contributed by atoms with E-state index in [1.807, 2.05) is 84.9 Å². The number of rotatable bonds is 8. The third-order valence-corrected chi connectivity index (χ3v) is 6.24. The number of aliphatic hydroxyl groups is 2. The average molecular weight is 475 g/mol. The molecule has 1 aliphatic heterocycles. The first kappa shape index (κ1) is 23.6. The largest absolute Gasteiger partial charge is 0.490 e. The van der Waals surface area contributed by atoms with E-state index in [1.165, 1.54) is 0 Å². The Morgan fingerprint density at radius 3 is 1.51 bits per heavy atom. The molecule has 35 heavy (non-hydrogen) atoms. The fourth-order valence-corrected chi connectivity index (χ4v) is 4.60. The number of fused-ring (bicyclic) bond motifs is 2. The van der Waals surface area contributed by atoms with Gasteiger partial charge in [-0.05, 0) is 36.8 Å². The summed E-state index contributed by atoms with van der Waals surface area (Å²) in [6.45, 7) is 3.50. The first-order valence-electron chi connectivity index (χ1n) is 11.8. The summed E-state index contributed by atoms with van der Waals surface area (Å²) in [5, 5.41) is 26.0. The lowest BCUT2D eigenvalue weighted by Crippen LogP contribution is -2.46. The van der Waals surface area contributed by atoms with Gasteiger partial charge in [0, 0.05) is 10.8 Å². The summed E-state index contributed by atoms with van der Waals surface area (Å²) < 4.78 is 23.9. The van der Waals surface area contributed by atoms with Crippen LogP contribution < -0.4 is 9.47 Å². The smallest absolute Gasteiger partial charge is 0.164 e. The highest BCUT2D eigenvalue weighted by Gasteiger charge is 2.48. The minimum atomic E-state index is -1.02. The minimum absolute atomic E-state index is 0.00842. The molecule has 182 valence electrons. The molecule has 6 heteroatoms. The molecule has 0 spiro atoms. The monoisotopic (exact) mass is 474 g/mol. The van der Waals surface area contributed by atoms with Gasteiger partial charge in [-0.15, -0.1) is 0 Å². The van der Waals surface area contributed by atoms with Crippen molar-refractivity contribution in [3.8, 4) is 11.5 Å². The molecule has 0 amide bonds. The van der Waals surface area contributed by atoms with Crippen LogP contribution in [0.25, 0.3) is 21.5 Å². The van der Waals surface area contributed by atoms with Crippen LogP contribution in [0.5, 0.6) is 11.5 Å². The van der Waals surface area contributed by atoms with E-state index in [4.69, 9.17) is 18.9 Å². The Kier molecular flexibility index (Phi) is 6.62. The number of aliphatic hydroxyl groups excluding tert-OH is 2. The highest BCUT2D eigenvalue weighted by atomic mass is 16.8. The van der Waals surface area contributed by atoms with Gasteiger partial charge < -0.3 is 29.2 Å². The zero-order valence-electron chi connectivity index (χ0n) is 19.8. The van der Waals surface area contributed by atoms with E-state index in [2.05, 4.69) is 0 Å². The normalized spacial score (nSPS) is 21.1. The third-order valence-electron chi connectivity index (χ3n) is 6.24. The second kappa shape index (κ2) is 9.84. The number of benzene rings is 4. The summed E-state index contributed by atoms with van der Waals surface area (Å²) in [7, 11) is 0. The molecule has 0 aliphatic carbocycles. The summed E-state index contributed by atoms with van der Waals surface area (Å²) in [6, 6.07) is 27.4. The van der Waals surface area contributed by atoms with E-state index in [9.17, 15) is 10.2 Å². The molecule has 1 heterocycles. The Labute approximate surface area is 204 Å². The minimum Gasteiger partial charge on any atom is -0.490 e. The molecule has 0 aromatic heterocycles. The molecule has 4 atom stereocenters. The molecule has 4 aromatic carbocycles. The van der Waals surface area contributed by atoms with Crippen molar-refractivity contribution in [1.82, 2.24) is 0 Å². The van der Waals surface area contributed by atoms with Crippen LogP contribution in [-0.4, -0.2) is 53.6 Å². The zero-order chi connectivity index (χ0) is 24.4. The van der Waals surface area contributed by atoms with Gasteiger partial charge in [0.25, 0.3) is 0 Å². The van der Waals surface area contributed by atoms with E-state index < -0.39 is 30.2 Å². The van der Waals surface area contributed by atoms with Gasteiger partial charge in [0.2, 0.25) is 0 Å². The first-order chi connectivity index (χ1) is 16.9. The van der Waals surface area contributed by atoms with Gasteiger partial charge in [-0.3, -0.25) is 0 Å². The average Bonchev–Trinajstić information content (AvgIpc) is 3.21. The van der Waals surface area contributed by atoms with Crippen molar-refractivity contribution in [3.05, 3.63) is 84.9 Å². The fraction of sp³-hybridized carbons (Fsp3) is 0.310. The molecular weight excluding hydrogens is 444 g/mol. The Hall–Kier alpha value is -3.16. The van der Waals surface area contributed by atoms with Crippen LogP contribution in [-0.2, 0) is 9.47 Å². The number of hydrogen-bond donors (Lipinski definition) is 2. The van der Waals surface area contributed by atoms with Crippen LogP contribution in [0.15, 0.2) is 84.9 Å². The second-order valence-corrected chi connectivity index (χ2v) is 9.28. The highest BCUT2D eigenvalue weighted by molar-refractivity contribution is 5.88. The maximum atomic E-state index is 11.0. The highest BCUT2D eigenvalue weighted by Crippen LogP contribution is 2.33. The molecule has 0 bridgehead atoms. The molecule has 1 saturated heterocycles. The Morgan fingerprint density at radius 2 is 1.06 bits per heavy atom. The van der Waals surface area contributed by atoms with Crippen LogP contribution in [0, 0.1) is 0 Å². The quantitative estimate of drug-likeness (QED) is 0.386. The van der Waals surface area contributed by atoms with Gasteiger partial charge >= 0.3 is 0 Å². The maximum absolute atomic E-state index is 11.0. The summed E-state index contributed by atoms with van der Waals surface area (Å²) in [4.78, 5) is 0. The predicted octanol–water partition coefficient (Wildman–Crippen LogP) is 4.69. The van der Waals surface area contributed by atoms with Gasteiger partial charge in [0.15, 0.2) is 5.79 Å². The van der Waals surface area contributed by atoms with E-state index in [1.54, 1.807) is 13.8 Å². The van der Waals surface area contributed by atoms with Gasteiger partial charge in [-0.1, -0.05) is 72.8 Å². The fourth-order valence-electron chi connectivity index (χ4n) is 4.60. The Bertz CT molecular complexity index is 1190. The third kappa shape index (κ3) is 5.11. The van der Waals surface area contributed by atoms with Crippen molar-refractivity contribution in [3.63, 3.8) is 0 Å². The second-order valence-electron chi connectivity index (χ2n) is 9.28. The van der Waals surface area contributed by atoms with Crippen molar-refractivity contribution < 1.29 is 29.2 Å². The number of ether oxygens (including phenoxy) is 4. The standard InChI is InChI=1S/C29H30O6/c1-29(2)34-27(23(30)17-32-25-15-7-11-19-9-3-5-13-21(19)25)28(35-29)24(31)18-33-26-16-8-12-20-10-4-6-14-22(20)26/h3-16,23-24,27-28,30-31H,17-18H2,1-2H3/t23-,24-,27-,28-/m1/s1. The summed E-state index contributed by atoms with van der Waals surface area (Å²) in [5.74, 6) is 0.393. The molecule has 5 rings (SSSR count).